The number of para-hydroxylation sites is 1. The van der Waals surface area contributed by atoms with Crippen molar-refractivity contribution in [3.05, 3.63) is 48.0 Å². The summed E-state index contributed by atoms with van der Waals surface area (Å²) in [6, 6.07) is 8.04. The topological polar surface area (TPSA) is 59.0 Å². The number of rotatable bonds is 2. The van der Waals surface area contributed by atoms with E-state index >= 15 is 0 Å². The molecule has 0 bridgehead atoms. The van der Waals surface area contributed by atoms with Crippen LogP contribution in [0.25, 0.3) is 0 Å². The second-order valence-corrected chi connectivity index (χ2v) is 5.37. The molecule has 1 aliphatic heterocycles. The SMILES string of the molecule is O=C(Nc1ccccc1)NC1CCc2ncc(C(F)(F)F)n2C1. The number of imidazole rings is 1. The van der Waals surface area contributed by atoms with Gasteiger partial charge in [-0.1, -0.05) is 18.2 Å². The van der Waals surface area contributed by atoms with Crippen molar-refractivity contribution in [2.24, 2.45) is 0 Å². The highest BCUT2D eigenvalue weighted by Gasteiger charge is 2.37. The molecule has 3 rings (SSSR count). The van der Waals surface area contributed by atoms with Gasteiger partial charge in [0.25, 0.3) is 0 Å². The number of halogens is 3. The Balaban J connectivity index is 1.65. The van der Waals surface area contributed by atoms with Crippen molar-refractivity contribution >= 4 is 11.7 Å². The summed E-state index contributed by atoms with van der Waals surface area (Å²) < 4.78 is 39.9. The van der Waals surface area contributed by atoms with Gasteiger partial charge in [-0.25, -0.2) is 9.78 Å². The monoisotopic (exact) mass is 324 g/mol. The van der Waals surface area contributed by atoms with Gasteiger partial charge in [-0.15, -0.1) is 0 Å². The van der Waals surface area contributed by atoms with Crippen molar-refractivity contribution in [1.82, 2.24) is 14.9 Å². The number of hydrogen-bond donors (Lipinski definition) is 2. The van der Waals surface area contributed by atoms with Crippen LogP contribution in [0.1, 0.15) is 17.9 Å². The number of aryl methyl sites for hydroxylation is 1. The summed E-state index contributed by atoms with van der Waals surface area (Å²) in [7, 11) is 0. The van der Waals surface area contributed by atoms with Crippen LogP contribution in [0.3, 0.4) is 0 Å². The molecule has 1 unspecified atom stereocenters. The molecule has 122 valence electrons. The van der Waals surface area contributed by atoms with Crippen molar-refractivity contribution in [1.29, 1.82) is 0 Å². The molecule has 2 heterocycles. The van der Waals surface area contributed by atoms with Gasteiger partial charge in [-0.2, -0.15) is 13.2 Å². The highest BCUT2D eigenvalue weighted by Crippen LogP contribution is 2.31. The number of anilines is 1. The van der Waals surface area contributed by atoms with Gasteiger partial charge < -0.3 is 15.2 Å². The third-order valence-electron chi connectivity index (χ3n) is 3.71. The molecule has 0 radical (unpaired) electrons. The Bertz CT molecular complexity index is 696. The van der Waals surface area contributed by atoms with E-state index in [-0.39, 0.29) is 12.6 Å². The van der Waals surface area contributed by atoms with E-state index in [1.165, 1.54) is 0 Å². The number of nitrogens with one attached hydrogen (secondary N) is 2. The van der Waals surface area contributed by atoms with Gasteiger partial charge in [0, 0.05) is 24.7 Å². The number of carbonyl (C=O) groups excluding carboxylic acids is 1. The maximum atomic E-state index is 12.9. The zero-order chi connectivity index (χ0) is 16.4. The van der Waals surface area contributed by atoms with E-state index < -0.39 is 17.9 Å². The molecule has 1 aliphatic rings. The van der Waals surface area contributed by atoms with Gasteiger partial charge in [0.05, 0.1) is 6.20 Å². The fourth-order valence-corrected chi connectivity index (χ4v) is 2.65. The van der Waals surface area contributed by atoms with E-state index in [0.29, 0.717) is 24.4 Å². The van der Waals surface area contributed by atoms with Crippen LogP contribution in [0, 0.1) is 0 Å². The Morgan fingerprint density at radius 3 is 2.70 bits per heavy atom. The molecule has 1 atom stereocenters. The number of nitrogens with zero attached hydrogens (tertiary/aromatic N) is 2. The van der Waals surface area contributed by atoms with Crippen molar-refractivity contribution in [3.8, 4) is 0 Å². The number of amides is 2. The number of carbonyl (C=O) groups is 1. The van der Waals surface area contributed by atoms with Gasteiger partial charge in [-0.05, 0) is 18.6 Å². The lowest BCUT2D eigenvalue weighted by Gasteiger charge is -2.26. The summed E-state index contributed by atoms with van der Waals surface area (Å²) in [4.78, 5) is 15.8. The van der Waals surface area contributed by atoms with Crippen molar-refractivity contribution < 1.29 is 18.0 Å². The second kappa shape index (κ2) is 5.94. The minimum absolute atomic E-state index is 0.0619. The Labute approximate surface area is 130 Å². The average Bonchev–Trinajstić information content (AvgIpc) is 2.91. The van der Waals surface area contributed by atoms with Crippen molar-refractivity contribution in [2.45, 2.75) is 31.6 Å². The van der Waals surface area contributed by atoms with Crippen molar-refractivity contribution in [3.63, 3.8) is 0 Å². The molecule has 8 heteroatoms. The lowest BCUT2D eigenvalue weighted by atomic mass is 10.1. The van der Waals surface area contributed by atoms with Crippen LogP contribution in [0.15, 0.2) is 36.5 Å². The molecule has 1 aromatic carbocycles. The lowest BCUT2D eigenvalue weighted by molar-refractivity contribution is -0.144. The van der Waals surface area contributed by atoms with Crippen LogP contribution in [0.4, 0.5) is 23.7 Å². The number of urea groups is 1. The first-order chi connectivity index (χ1) is 10.9. The molecule has 2 amide bonds. The van der Waals surface area contributed by atoms with Gasteiger partial charge in [0.2, 0.25) is 0 Å². The standard InChI is InChI=1S/C15H15F3N4O/c16-15(17,18)12-8-19-13-7-6-11(9-22(12)13)21-14(23)20-10-4-2-1-3-5-10/h1-5,8,11H,6-7,9H2,(H2,20,21,23). The number of benzene rings is 1. The largest absolute Gasteiger partial charge is 0.433 e. The molecule has 1 aromatic heterocycles. The predicted molar refractivity (Wildman–Crippen MR) is 77.9 cm³/mol. The molecule has 0 fully saturated rings. The fourth-order valence-electron chi connectivity index (χ4n) is 2.65. The van der Waals surface area contributed by atoms with Crippen LogP contribution in [-0.2, 0) is 19.1 Å². The maximum absolute atomic E-state index is 12.9. The van der Waals surface area contributed by atoms with Crippen LogP contribution in [0.2, 0.25) is 0 Å². The smallest absolute Gasteiger partial charge is 0.333 e. The fraction of sp³-hybridized carbons (Fsp3) is 0.333. The van der Waals surface area contributed by atoms with E-state index in [1.807, 2.05) is 6.07 Å². The van der Waals surface area contributed by atoms with Gasteiger partial charge >= 0.3 is 12.2 Å². The van der Waals surface area contributed by atoms with Crippen LogP contribution < -0.4 is 10.6 Å². The minimum Gasteiger partial charge on any atom is -0.333 e. The summed E-state index contributed by atoms with van der Waals surface area (Å²) in [5.74, 6) is 0.402. The molecule has 23 heavy (non-hydrogen) atoms. The van der Waals surface area contributed by atoms with E-state index in [1.54, 1.807) is 24.3 Å². The minimum atomic E-state index is -4.45. The molecule has 0 aliphatic carbocycles. The third kappa shape index (κ3) is 3.46. The molecule has 2 N–H and O–H groups in total. The van der Waals surface area contributed by atoms with Crippen LogP contribution in [-0.4, -0.2) is 21.6 Å². The number of aromatic nitrogens is 2. The normalized spacial score (nSPS) is 17.4. The Kier molecular flexibility index (Phi) is 3.97. The molecular formula is C15H15F3N4O. The summed E-state index contributed by atoms with van der Waals surface area (Å²) >= 11 is 0. The Hall–Kier alpha value is -2.51. The molecule has 0 saturated heterocycles. The third-order valence-corrected chi connectivity index (χ3v) is 3.71. The zero-order valence-electron chi connectivity index (χ0n) is 12.1. The summed E-state index contributed by atoms with van der Waals surface area (Å²) in [5.41, 5.74) is -0.150. The van der Waals surface area contributed by atoms with E-state index in [9.17, 15) is 18.0 Å². The van der Waals surface area contributed by atoms with Gasteiger partial charge in [0.15, 0.2) is 0 Å². The number of fused-ring (bicyclic) bond motifs is 1. The number of alkyl halides is 3. The molecule has 0 saturated carbocycles. The Morgan fingerprint density at radius 1 is 1.26 bits per heavy atom. The molecule has 2 aromatic rings. The summed E-state index contributed by atoms with van der Waals surface area (Å²) in [5, 5.41) is 5.37. The van der Waals surface area contributed by atoms with E-state index in [0.717, 1.165) is 10.8 Å². The van der Waals surface area contributed by atoms with E-state index in [4.69, 9.17) is 0 Å². The zero-order valence-corrected chi connectivity index (χ0v) is 12.1. The molecule has 5 nitrogen and oxygen atoms in total. The molecule has 0 spiro atoms. The summed E-state index contributed by atoms with van der Waals surface area (Å²) in [6.07, 6.45) is -2.65. The van der Waals surface area contributed by atoms with Crippen molar-refractivity contribution in [2.75, 3.05) is 5.32 Å². The van der Waals surface area contributed by atoms with E-state index in [2.05, 4.69) is 15.6 Å². The summed E-state index contributed by atoms with van der Waals surface area (Å²) in [6.45, 7) is 0.0619. The first kappa shape index (κ1) is 15.4. The lowest BCUT2D eigenvalue weighted by Crippen LogP contribution is -2.43. The average molecular weight is 324 g/mol. The van der Waals surface area contributed by atoms with Gasteiger partial charge in [-0.3, -0.25) is 0 Å². The van der Waals surface area contributed by atoms with Crippen LogP contribution >= 0.6 is 0 Å². The first-order valence-corrected chi connectivity index (χ1v) is 7.17. The second-order valence-electron chi connectivity index (χ2n) is 5.37. The predicted octanol–water partition coefficient (Wildman–Crippen LogP) is 3.04. The highest BCUT2D eigenvalue weighted by atomic mass is 19.4. The first-order valence-electron chi connectivity index (χ1n) is 7.17. The maximum Gasteiger partial charge on any atom is 0.433 e. The molecular weight excluding hydrogens is 309 g/mol. The highest BCUT2D eigenvalue weighted by molar-refractivity contribution is 5.89. The van der Waals surface area contributed by atoms with Gasteiger partial charge in [0.1, 0.15) is 11.5 Å². The quantitative estimate of drug-likeness (QED) is 0.892. The Morgan fingerprint density at radius 2 is 2.00 bits per heavy atom. The van der Waals surface area contributed by atoms with Crippen LogP contribution in [0.5, 0.6) is 0 Å². The number of hydrogen-bond acceptors (Lipinski definition) is 2.